The van der Waals surface area contributed by atoms with Gasteiger partial charge in [0.2, 0.25) is 0 Å². The molecule has 0 spiro atoms. The Morgan fingerprint density at radius 2 is 1.64 bits per heavy atom. The summed E-state index contributed by atoms with van der Waals surface area (Å²) in [5.74, 6) is -0.864. The van der Waals surface area contributed by atoms with Gasteiger partial charge in [-0.1, -0.05) is 80.1 Å². The molecular weight excluding hydrogens is 434 g/mol. The van der Waals surface area contributed by atoms with Crippen LogP contribution in [0, 0.1) is 0 Å². The van der Waals surface area contributed by atoms with Crippen LogP contribution < -0.4 is 5.32 Å². The average molecular weight is 468 g/mol. The lowest BCUT2D eigenvalue weighted by Crippen LogP contribution is -2.32. The SMILES string of the molecule is CCCCc1cc(-c2ccc(C[C@@H](C)NC[C@H](O)c3ccccc3)cc2)ccc1C(=O)O.Cl. The molecule has 176 valence electrons. The van der Waals surface area contributed by atoms with E-state index in [0.29, 0.717) is 12.1 Å². The number of carboxylic acids is 1. The van der Waals surface area contributed by atoms with Crippen LogP contribution in [0.3, 0.4) is 0 Å². The van der Waals surface area contributed by atoms with E-state index in [9.17, 15) is 15.0 Å². The highest BCUT2D eigenvalue weighted by Crippen LogP contribution is 2.25. The van der Waals surface area contributed by atoms with Crippen LogP contribution in [-0.4, -0.2) is 28.8 Å². The number of carboxylic acid groups (broad SMARTS) is 1. The van der Waals surface area contributed by atoms with Crippen molar-refractivity contribution in [2.45, 2.75) is 51.7 Å². The molecule has 3 N–H and O–H groups in total. The van der Waals surface area contributed by atoms with E-state index in [2.05, 4.69) is 43.4 Å². The molecule has 0 saturated carbocycles. The first-order chi connectivity index (χ1) is 15.5. The standard InChI is InChI=1S/C28H33NO3.ClH/c1-3-4-8-25-18-24(15-16-26(25)28(31)32)22-13-11-21(12-14-22)17-20(2)29-19-27(30)23-9-6-5-7-10-23;/h5-7,9-16,18,20,27,29-30H,3-4,8,17,19H2,1-2H3,(H,31,32);1H/t20-,27+;/m1./s1. The summed E-state index contributed by atoms with van der Waals surface area (Å²) in [6, 6.07) is 24.0. The van der Waals surface area contributed by atoms with Crippen LogP contribution in [-0.2, 0) is 12.8 Å². The highest BCUT2D eigenvalue weighted by atomic mass is 35.5. The summed E-state index contributed by atoms with van der Waals surface area (Å²) in [4.78, 5) is 11.5. The van der Waals surface area contributed by atoms with Crippen molar-refractivity contribution in [1.82, 2.24) is 5.32 Å². The molecule has 4 nitrogen and oxygen atoms in total. The van der Waals surface area contributed by atoms with Crippen LogP contribution in [0.1, 0.15) is 59.8 Å². The number of aliphatic hydroxyl groups excluding tert-OH is 1. The number of carbonyl (C=O) groups is 1. The van der Waals surface area contributed by atoms with E-state index in [4.69, 9.17) is 0 Å². The highest BCUT2D eigenvalue weighted by Gasteiger charge is 2.12. The molecule has 3 aromatic rings. The highest BCUT2D eigenvalue weighted by molar-refractivity contribution is 5.90. The Labute approximate surface area is 203 Å². The van der Waals surface area contributed by atoms with Gasteiger partial charge in [0.15, 0.2) is 0 Å². The number of hydrogen-bond acceptors (Lipinski definition) is 3. The van der Waals surface area contributed by atoms with Gasteiger partial charge >= 0.3 is 5.97 Å². The van der Waals surface area contributed by atoms with E-state index >= 15 is 0 Å². The Kier molecular flexibility index (Phi) is 10.6. The summed E-state index contributed by atoms with van der Waals surface area (Å²) in [5, 5.41) is 23.2. The van der Waals surface area contributed by atoms with E-state index in [1.807, 2.05) is 42.5 Å². The largest absolute Gasteiger partial charge is 0.478 e. The van der Waals surface area contributed by atoms with Crippen molar-refractivity contribution in [3.63, 3.8) is 0 Å². The lowest BCUT2D eigenvalue weighted by molar-refractivity contribution is 0.0695. The molecule has 0 saturated heterocycles. The summed E-state index contributed by atoms with van der Waals surface area (Å²) < 4.78 is 0. The summed E-state index contributed by atoms with van der Waals surface area (Å²) in [5.41, 5.74) is 5.57. The number of hydrogen-bond donors (Lipinski definition) is 3. The molecule has 0 bridgehead atoms. The molecule has 0 aliphatic carbocycles. The van der Waals surface area contributed by atoms with E-state index < -0.39 is 12.1 Å². The molecule has 0 fully saturated rings. The Morgan fingerprint density at radius 3 is 2.27 bits per heavy atom. The lowest BCUT2D eigenvalue weighted by Gasteiger charge is -2.18. The maximum atomic E-state index is 11.5. The number of nitrogens with one attached hydrogen (secondary N) is 1. The molecule has 0 heterocycles. The number of unbranched alkanes of at least 4 members (excludes halogenated alkanes) is 1. The smallest absolute Gasteiger partial charge is 0.335 e. The van der Waals surface area contributed by atoms with Gasteiger partial charge in [-0.2, -0.15) is 0 Å². The minimum atomic E-state index is -0.864. The van der Waals surface area contributed by atoms with E-state index in [0.717, 1.165) is 47.9 Å². The van der Waals surface area contributed by atoms with Crippen LogP contribution in [0.15, 0.2) is 72.8 Å². The maximum absolute atomic E-state index is 11.5. The van der Waals surface area contributed by atoms with Gasteiger partial charge in [0.1, 0.15) is 0 Å². The molecule has 0 aliphatic rings. The first-order valence-electron chi connectivity index (χ1n) is 11.4. The summed E-state index contributed by atoms with van der Waals surface area (Å²) in [7, 11) is 0. The molecule has 0 aromatic heterocycles. The summed E-state index contributed by atoms with van der Waals surface area (Å²) in [6.45, 7) is 4.75. The van der Waals surface area contributed by atoms with Gasteiger partial charge in [-0.3, -0.25) is 0 Å². The van der Waals surface area contributed by atoms with Crippen molar-refractivity contribution >= 4 is 18.4 Å². The number of aliphatic hydroxyl groups is 1. The number of aryl methyl sites for hydroxylation is 1. The van der Waals surface area contributed by atoms with Gasteiger partial charge < -0.3 is 15.5 Å². The predicted octanol–water partition coefficient (Wildman–Crippen LogP) is 6.07. The fraction of sp³-hybridized carbons (Fsp3) is 0.321. The molecule has 3 aromatic carbocycles. The predicted molar refractivity (Wildman–Crippen MR) is 137 cm³/mol. The summed E-state index contributed by atoms with van der Waals surface area (Å²) >= 11 is 0. The van der Waals surface area contributed by atoms with Crippen molar-refractivity contribution in [1.29, 1.82) is 0 Å². The van der Waals surface area contributed by atoms with E-state index in [1.165, 1.54) is 5.56 Å². The number of benzene rings is 3. The van der Waals surface area contributed by atoms with Gasteiger partial charge in [0, 0.05) is 12.6 Å². The third-order valence-corrected chi connectivity index (χ3v) is 5.81. The van der Waals surface area contributed by atoms with Gasteiger partial charge in [-0.25, -0.2) is 4.79 Å². The summed E-state index contributed by atoms with van der Waals surface area (Å²) in [6.07, 6.45) is 3.14. The van der Waals surface area contributed by atoms with Crippen molar-refractivity contribution in [3.05, 3.63) is 95.1 Å². The minimum absolute atomic E-state index is 0. The second-order valence-electron chi connectivity index (χ2n) is 8.42. The van der Waals surface area contributed by atoms with Crippen molar-refractivity contribution in [2.75, 3.05) is 6.54 Å². The molecule has 0 unspecified atom stereocenters. The normalized spacial score (nSPS) is 12.6. The van der Waals surface area contributed by atoms with Crippen LogP contribution in [0.5, 0.6) is 0 Å². The zero-order valence-corrected chi connectivity index (χ0v) is 20.1. The molecule has 0 amide bonds. The number of rotatable bonds is 11. The van der Waals surface area contributed by atoms with Crippen LogP contribution in [0.2, 0.25) is 0 Å². The van der Waals surface area contributed by atoms with Gasteiger partial charge in [0.25, 0.3) is 0 Å². The third kappa shape index (κ3) is 7.71. The monoisotopic (exact) mass is 467 g/mol. The maximum Gasteiger partial charge on any atom is 0.335 e. The molecule has 5 heteroatoms. The number of aromatic carboxylic acids is 1. The zero-order chi connectivity index (χ0) is 22.9. The Balaban J connectivity index is 0.00000385. The van der Waals surface area contributed by atoms with Crippen LogP contribution in [0.4, 0.5) is 0 Å². The van der Waals surface area contributed by atoms with Gasteiger partial charge in [-0.15, -0.1) is 12.4 Å². The molecule has 0 aliphatic heterocycles. The van der Waals surface area contributed by atoms with Gasteiger partial charge in [-0.05, 0) is 60.1 Å². The molecular formula is C28H34ClNO3. The molecule has 33 heavy (non-hydrogen) atoms. The van der Waals surface area contributed by atoms with Crippen molar-refractivity contribution in [3.8, 4) is 11.1 Å². The van der Waals surface area contributed by atoms with Gasteiger partial charge in [0.05, 0.1) is 11.7 Å². The number of halogens is 1. The van der Waals surface area contributed by atoms with Crippen LogP contribution in [0.25, 0.3) is 11.1 Å². The first-order valence-corrected chi connectivity index (χ1v) is 11.4. The Morgan fingerprint density at radius 1 is 0.970 bits per heavy atom. The second kappa shape index (κ2) is 13.1. The first kappa shape index (κ1) is 26.6. The average Bonchev–Trinajstić information content (AvgIpc) is 2.82. The third-order valence-electron chi connectivity index (χ3n) is 5.81. The topological polar surface area (TPSA) is 69.6 Å². The Bertz CT molecular complexity index is 1010. The minimum Gasteiger partial charge on any atom is -0.478 e. The van der Waals surface area contributed by atoms with E-state index in [-0.39, 0.29) is 18.4 Å². The quantitative estimate of drug-likeness (QED) is 0.320. The lowest BCUT2D eigenvalue weighted by atomic mass is 9.95. The van der Waals surface area contributed by atoms with Crippen molar-refractivity contribution < 1.29 is 15.0 Å². The molecule has 0 radical (unpaired) electrons. The Hall–Kier alpha value is -2.66. The zero-order valence-electron chi connectivity index (χ0n) is 19.3. The molecule has 2 atom stereocenters. The van der Waals surface area contributed by atoms with E-state index in [1.54, 1.807) is 6.07 Å². The second-order valence-corrected chi connectivity index (χ2v) is 8.42. The fourth-order valence-electron chi connectivity index (χ4n) is 3.92. The molecule has 3 rings (SSSR count). The fourth-order valence-corrected chi connectivity index (χ4v) is 3.92. The van der Waals surface area contributed by atoms with Crippen molar-refractivity contribution in [2.24, 2.45) is 0 Å². The van der Waals surface area contributed by atoms with Crippen LogP contribution >= 0.6 is 12.4 Å².